The van der Waals surface area contributed by atoms with Crippen molar-refractivity contribution in [1.82, 2.24) is 9.97 Å². The van der Waals surface area contributed by atoms with Crippen molar-refractivity contribution in [3.63, 3.8) is 0 Å². The van der Waals surface area contributed by atoms with E-state index in [4.69, 9.17) is 5.73 Å². The molecule has 0 aliphatic heterocycles. The Morgan fingerprint density at radius 1 is 1.50 bits per heavy atom. The molecule has 2 aromatic heterocycles. The SMILES string of the molecule is NC1(c2c(F)cnc3[nH]ccc23)CC1. The minimum absolute atomic E-state index is 0.294. The second kappa shape index (κ2) is 2.33. The van der Waals surface area contributed by atoms with E-state index in [-0.39, 0.29) is 5.82 Å². The van der Waals surface area contributed by atoms with E-state index < -0.39 is 5.54 Å². The Labute approximate surface area is 80.1 Å². The van der Waals surface area contributed by atoms with E-state index in [2.05, 4.69) is 9.97 Å². The molecule has 1 aliphatic carbocycles. The molecule has 0 saturated heterocycles. The van der Waals surface area contributed by atoms with E-state index in [0.717, 1.165) is 18.2 Å². The van der Waals surface area contributed by atoms with Gasteiger partial charge in [-0.3, -0.25) is 0 Å². The standard InChI is InChI=1S/C10H10FN3/c11-7-5-14-9-6(1-4-13-9)8(7)10(12)2-3-10/h1,4-5H,2-3,12H2,(H,13,14). The summed E-state index contributed by atoms with van der Waals surface area (Å²) in [4.78, 5) is 6.91. The lowest BCUT2D eigenvalue weighted by Crippen LogP contribution is -2.20. The van der Waals surface area contributed by atoms with Crippen LogP contribution in [0.15, 0.2) is 18.5 Å². The first kappa shape index (κ1) is 7.94. The van der Waals surface area contributed by atoms with Gasteiger partial charge < -0.3 is 10.7 Å². The zero-order valence-corrected chi connectivity index (χ0v) is 7.55. The highest BCUT2D eigenvalue weighted by Crippen LogP contribution is 2.45. The Hall–Kier alpha value is -1.42. The van der Waals surface area contributed by atoms with Gasteiger partial charge in [0.05, 0.1) is 6.20 Å². The van der Waals surface area contributed by atoms with Crippen LogP contribution in [0.1, 0.15) is 18.4 Å². The second-order valence-electron chi connectivity index (χ2n) is 3.88. The van der Waals surface area contributed by atoms with E-state index >= 15 is 0 Å². The number of hydrogen-bond donors (Lipinski definition) is 2. The van der Waals surface area contributed by atoms with Gasteiger partial charge in [-0.05, 0) is 18.9 Å². The fraction of sp³-hybridized carbons (Fsp3) is 0.300. The van der Waals surface area contributed by atoms with E-state index in [1.807, 2.05) is 6.07 Å². The summed E-state index contributed by atoms with van der Waals surface area (Å²) in [6, 6.07) is 1.83. The van der Waals surface area contributed by atoms with Gasteiger partial charge in [0.1, 0.15) is 11.5 Å². The summed E-state index contributed by atoms with van der Waals surface area (Å²) in [6.45, 7) is 0. The molecule has 2 aromatic rings. The first-order valence-corrected chi connectivity index (χ1v) is 4.62. The molecular weight excluding hydrogens is 181 g/mol. The first-order valence-electron chi connectivity index (χ1n) is 4.62. The summed E-state index contributed by atoms with van der Waals surface area (Å²) in [5.74, 6) is -0.294. The van der Waals surface area contributed by atoms with Gasteiger partial charge in [0, 0.05) is 22.7 Å². The average Bonchev–Trinajstić information content (AvgIpc) is 2.74. The molecular formula is C10H10FN3. The van der Waals surface area contributed by atoms with E-state index in [1.165, 1.54) is 6.20 Å². The zero-order valence-electron chi connectivity index (χ0n) is 7.55. The molecule has 0 spiro atoms. The number of pyridine rings is 1. The summed E-state index contributed by atoms with van der Waals surface area (Å²) >= 11 is 0. The van der Waals surface area contributed by atoms with Crippen LogP contribution in [0.4, 0.5) is 4.39 Å². The Bertz CT molecular complexity index is 499. The highest BCUT2D eigenvalue weighted by atomic mass is 19.1. The number of nitrogens with zero attached hydrogens (tertiary/aromatic N) is 1. The highest BCUT2D eigenvalue weighted by Gasteiger charge is 2.43. The van der Waals surface area contributed by atoms with Crippen LogP contribution in [0.5, 0.6) is 0 Å². The predicted molar refractivity (Wildman–Crippen MR) is 51.2 cm³/mol. The molecule has 4 heteroatoms. The number of fused-ring (bicyclic) bond motifs is 1. The lowest BCUT2D eigenvalue weighted by Gasteiger charge is -2.11. The topological polar surface area (TPSA) is 54.7 Å². The van der Waals surface area contributed by atoms with Crippen LogP contribution in [0.2, 0.25) is 0 Å². The quantitative estimate of drug-likeness (QED) is 0.720. The Morgan fingerprint density at radius 2 is 2.29 bits per heavy atom. The third-order valence-electron chi connectivity index (χ3n) is 2.83. The van der Waals surface area contributed by atoms with Crippen LogP contribution in [-0.4, -0.2) is 9.97 Å². The van der Waals surface area contributed by atoms with Crippen LogP contribution < -0.4 is 5.73 Å². The van der Waals surface area contributed by atoms with Crippen molar-refractivity contribution >= 4 is 11.0 Å². The van der Waals surface area contributed by atoms with Crippen molar-refractivity contribution in [2.75, 3.05) is 0 Å². The minimum Gasteiger partial charge on any atom is -0.346 e. The van der Waals surface area contributed by atoms with Gasteiger partial charge in [0.15, 0.2) is 0 Å². The highest BCUT2D eigenvalue weighted by molar-refractivity contribution is 5.81. The molecule has 3 nitrogen and oxygen atoms in total. The Balaban J connectivity index is 2.38. The average molecular weight is 191 g/mol. The summed E-state index contributed by atoms with van der Waals surface area (Å²) in [6.07, 6.45) is 4.70. The number of halogens is 1. The molecule has 0 unspecified atom stereocenters. The number of H-pyrrole nitrogens is 1. The molecule has 0 radical (unpaired) electrons. The molecule has 0 bridgehead atoms. The number of rotatable bonds is 1. The maximum atomic E-state index is 13.6. The van der Waals surface area contributed by atoms with Crippen LogP contribution >= 0.6 is 0 Å². The van der Waals surface area contributed by atoms with Gasteiger partial charge in [-0.25, -0.2) is 9.37 Å². The largest absolute Gasteiger partial charge is 0.346 e. The Morgan fingerprint density at radius 3 is 3.00 bits per heavy atom. The molecule has 72 valence electrons. The molecule has 3 rings (SSSR count). The molecule has 0 amide bonds. The maximum absolute atomic E-state index is 13.6. The molecule has 1 fully saturated rings. The third-order valence-corrected chi connectivity index (χ3v) is 2.83. The van der Waals surface area contributed by atoms with Crippen LogP contribution in [-0.2, 0) is 5.54 Å². The van der Waals surface area contributed by atoms with Crippen molar-refractivity contribution in [2.24, 2.45) is 5.73 Å². The number of hydrogen-bond acceptors (Lipinski definition) is 2. The Kier molecular flexibility index (Phi) is 1.32. The predicted octanol–water partition coefficient (Wildman–Crippen LogP) is 1.65. The van der Waals surface area contributed by atoms with Gasteiger partial charge in [-0.15, -0.1) is 0 Å². The van der Waals surface area contributed by atoms with Crippen LogP contribution in [0, 0.1) is 5.82 Å². The number of aromatic nitrogens is 2. The smallest absolute Gasteiger partial charge is 0.147 e. The molecule has 3 N–H and O–H groups in total. The minimum atomic E-state index is -0.451. The monoisotopic (exact) mass is 191 g/mol. The zero-order chi connectivity index (χ0) is 9.76. The van der Waals surface area contributed by atoms with Crippen molar-refractivity contribution in [1.29, 1.82) is 0 Å². The van der Waals surface area contributed by atoms with E-state index in [9.17, 15) is 4.39 Å². The maximum Gasteiger partial charge on any atom is 0.147 e. The number of nitrogens with two attached hydrogens (primary N) is 1. The fourth-order valence-electron chi connectivity index (χ4n) is 1.87. The van der Waals surface area contributed by atoms with Crippen molar-refractivity contribution in [3.8, 4) is 0 Å². The van der Waals surface area contributed by atoms with E-state index in [0.29, 0.717) is 11.2 Å². The summed E-state index contributed by atoms with van der Waals surface area (Å²) in [7, 11) is 0. The van der Waals surface area contributed by atoms with Crippen molar-refractivity contribution < 1.29 is 4.39 Å². The van der Waals surface area contributed by atoms with E-state index in [1.54, 1.807) is 6.20 Å². The second-order valence-corrected chi connectivity index (χ2v) is 3.88. The molecule has 0 atom stereocenters. The molecule has 1 saturated carbocycles. The van der Waals surface area contributed by atoms with Gasteiger partial charge in [-0.2, -0.15) is 0 Å². The van der Waals surface area contributed by atoms with Gasteiger partial charge in [0.25, 0.3) is 0 Å². The molecule has 2 heterocycles. The first-order chi connectivity index (χ1) is 6.71. The van der Waals surface area contributed by atoms with Gasteiger partial charge >= 0.3 is 0 Å². The summed E-state index contributed by atoms with van der Waals surface area (Å²) in [5.41, 5.74) is 6.88. The fourth-order valence-corrected chi connectivity index (χ4v) is 1.87. The summed E-state index contributed by atoms with van der Waals surface area (Å²) < 4.78 is 13.6. The van der Waals surface area contributed by atoms with Crippen LogP contribution in [0.3, 0.4) is 0 Å². The van der Waals surface area contributed by atoms with Crippen molar-refractivity contribution in [2.45, 2.75) is 18.4 Å². The lowest BCUT2D eigenvalue weighted by atomic mass is 10.0. The molecule has 1 aliphatic rings. The lowest BCUT2D eigenvalue weighted by molar-refractivity contribution is 0.578. The normalized spacial score (nSPS) is 18.7. The van der Waals surface area contributed by atoms with Crippen LogP contribution in [0.25, 0.3) is 11.0 Å². The van der Waals surface area contributed by atoms with Gasteiger partial charge in [0.2, 0.25) is 0 Å². The third kappa shape index (κ3) is 0.915. The summed E-state index contributed by atoms with van der Waals surface area (Å²) in [5, 5.41) is 0.810. The van der Waals surface area contributed by atoms with Gasteiger partial charge in [-0.1, -0.05) is 0 Å². The number of nitrogens with one attached hydrogen (secondary N) is 1. The molecule has 0 aromatic carbocycles. The number of aromatic amines is 1. The van der Waals surface area contributed by atoms with Crippen molar-refractivity contribution in [3.05, 3.63) is 29.8 Å². The molecule has 14 heavy (non-hydrogen) atoms.